The van der Waals surface area contributed by atoms with E-state index < -0.39 is 0 Å². The molecule has 0 aliphatic heterocycles. The standard InChI is InChI=1S/C11H18N2/c1-8-5-11(7-12,9(8)2)13-6-10-3-4-10/h8-10,13H,3-6H2,1-2H3. The molecule has 72 valence electrons. The van der Waals surface area contributed by atoms with Gasteiger partial charge < -0.3 is 0 Å². The first kappa shape index (κ1) is 9.02. The lowest BCUT2D eigenvalue weighted by atomic mass is 9.61. The van der Waals surface area contributed by atoms with E-state index in [4.69, 9.17) is 5.26 Å². The third-order valence-corrected chi connectivity index (χ3v) is 3.88. The Morgan fingerprint density at radius 2 is 2.15 bits per heavy atom. The summed E-state index contributed by atoms with van der Waals surface area (Å²) in [6.07, 6.45) is 3.76. The van der Waals surface area contributed by atoms with Crippen molar-refractivity contribution in [3.05, 3.63) is 0 Å². The first-order chi connectivity index (χ1) is 6.18. The lowest BCUT2D eigenvalue weighted by Gasteiger charge is -2.48. The normalized spacial score (nSPS) is 43.8. The maximum absolute atomic E-state index is 9.15. The van der Waals surface area contributed by atoms with Gasteiger partial charge in [-0.2, -0.15) is 5.26 Å². The molecule has 0 aromatic carbocycles. The highest BCUT2D eigenvalue weighted by Crippen LogP contribution is 2.43. The van der Waals surface area contributed by atoms with Crippen LogP contribution in [0.25, 0.3) is 0 Å². The molecule has 2 heteroatoms. The fourth-order valence-electron chi connectivity index (χ4n) is 2.26. The monoisotopic (exact) mass is 178 g/mol. The van der Waals surface area contributed by atoms with Gasteiger partial charge in [-0.05, 0) is 43.6 Å². The Labute approximate surface area is 80.3 Å². The van der Waals surface area contributed by atoms with Crippen LogP contribution in [0.15, 0.2) is 0 Å². The van der Waals surface area contributed by atoms with Crippen LogP contribution < -0.4 is 5.32 Å². The first-order valence-electron chi connectivity index (χ1n) is 5.34. The van der Waals surface area contributed by atoms with E-state index in [9.17, 15) is 0 Å². The third kappa shape index (κ3) is 1.46. The summed E-state index contributed by atoms with van der Waals surface area (Å²) in [7, 11) is 0. The van der Waals surface area contributed by atoms with Gasteiger partial charge in [0.15, 0.2) is 0 Å². The predicted octanol–water partition coefficient (Wildman–Crippen LogP) is 1.92. The first-order valence-corrected chi connectivity index (χ1v) is 5.34. The Balaban J connectivity index is 1.89. The van der Waals surface area contributed by atoms with Crippen LogP contribution >= 0.6 is 0 Å². The van der Waals surface area contributed by atoms with Crippen LogP contribution in [-0.4, -0.2) is 12.1 Å². The van der Waals surface area contributed by atoms with E-state index >= 15 is 0 Å². The van der Waals surface area contributed by atoms with Crippen molar-refractivity contribution >= 4 is 0 Å². The molecule has 2 nitrogen and oxygen atoms in total. The molecule has 13 heavy (non-hydrogen) atoms. The minimum Gasteiger partial charge on any atom is -0.299 e. The van der Waals surface area contributed by atoms with Crippen molar-refractivity contribution < 1.29 is 0 Å². The van der Waals surface area contributed by atoms with Crippen LogP contribution in [0.4, 0.5) is 0 Å². The lowest BCUT2D eigenvalue weighted by molar-refractivity contribution is 0.0761. The van der Waals surface area contributed by atoms with Crippen molar-refractivity contribution in [2.75, 3.05) is 6.54 Å². The summed E-state index contributed by atoms with van der Waals surface area (Å²) in [6, 6.07) is 2.47. The molecule has 0 bridgehead atoms. The Bertz CT molecular complexity index is 239. The molecule has 0 aromatic heterocycles. The molecule has 2 saturated carbocycles. The summed E-state index contributed by atoms with van der Waals surface area (Å²) in [5.74, 6) is 2.11. The van der Waals surface area contributed by atoms with Crippen molar-refractivity contribution in [3.8, 4) is 6.07 Å². The number of hydrogen-bond acceptors (Lipinski definition) is 2. The van der Waals surface area contributed by atoms with E-state index in [1.165, 1.54) is 12.8 Å². The molecule has 3 atom stereocenters. The largest absolute Gasteiger partial charge is 0.299 e. The molecule has 0 spiro atoms. The molecule has 2 rings (SSSR count). The topological polar surface area (TPSA) is 35.8 Å². The zero-order chi connectivity index (χ0) is 9.47. The van der Waals surface area contributed by atoms with Crippen LogP contribution in [0.2, 0.25) is 0 Å². The molecule has 3 unspecified atom stereocenters. The average Bonchev–Trinajstić information content (AvgIpc) is 2.94. The van der Waals surface area contributed by atoms with Crippen molar-refractivity contribution in [2.45, 2.75) is 38.6 Å². The summed E-state index contributed by atoms with van der Waals surface area (Å²) in [4.78, 5) is 0. The predicted molar refractivity (Wildman–Crippen MR) is 52.0 cm³/mol. The molecule has 2 fully saturated rings. The Hall–Kier alpha value is -0.550. The molecule has 0 amide bonds. The second-order valence-electron chi connectivity index (χ2n) is 4.88. The minimum absolute atomic E-state index is 0.179. The van der Waals surface area contributed by atoms with E-state index in [0.717, 1.165) is 18.9 Å². The maximum atomic E-state index is 9.15. The Morgan fingerprint density at radius 3 is 2.54 bits per heavy atom. The van der Waals surface area contributed by atoms with Crippen molar-refractivity contribution in [1.82, 2.24) is 5.32 Å². The van der Waals surface area contributed by atoms with Crippen LogP contribution in [0.3, 0.4) is 0 Å². The quantitative estimate of drug-likeness (QED) is 0.716. The number of nitriles is 1. The molecule has 0 radical (unpaired) electrons. The molecule has 1 N–H and O–H groups in total. The van der Waals surface area contributed by atoms with Gasteiger partial charge in [-0.1, -0.05) is 13.8 Å². The fraction of sp³-hybridized carbons (Fsp3) is 0.909. The average molecular weight is 178 g/mol. The Morgan fingerprint density at radius 1 is 1.46 bits per heavy atom. The van der Waals surface area contributed by atoms with Gasteiger partial charge >= 0.3 is 0 Å². The van der Waals surface area contributed by atoms with Crippen LogP contribution in [0.1, 0.15) is 33.1 Å². The number of nitrogens with zero attached hydrogens (tertiary/aromatic N) is 1. The van der Waals surface area contributed by atoms with Gasteiger partial charge in [0.1, 0.15) is 5.54 Å². The van der Waals surface area contributed by atoms with Gasteiger partial charge in [0.25, 0.3) is 0 Å². The number of nitrogens with one attached hydrogen (secondary N) is 1. The number of rotatable bonds is 3. The maximum Gasteiger partial charge on any atom is 0.109 e. The molecule has 0 heterocycles. The summed E-state index contributed by atoms with van der Waals surface area (Å²) in [5, 5.41) is 12.6. The van der Waals surface area contributed by atoms with E-state index in [1.54, 1.807) is 0 Å². The van der Waals surface area contributed by atoms with Gasteiger partial charge in [-0.25, -0.2) is 0 Å². The molecule has 2 aliphatic rings. The van der Waals surface area contributed by atoms with Gasteiger partial charge in [-0.15, -0.1) is 0 Å². The fourth-order valence-corrected chi connectivity index (χ4v) is 2.26. The Kier molecular flexibility index (Phi) is 2.08. The zero-order valence-corrected chi connectivity index (χ0v) is 8.51. The van der Waals surface area contributed by atoms with Crippen molar-refractivity contribution in [3.63, 3.8) is 0 Å². The van der Waals surface area contributed by atoms with Gasteiger partial charge in [0.05, 0.1) is 6.07 Å². The highest BCUT2D eigenvalue weighted by molar-refractivity contribution is 5.18. The van der Waals surface area contributed by atoms with Gasteiger partial charge in [-0.3, -0.25) is 5.32 Å². The molecular weight excluding hydrogens is 160 g/mol. The second-order valence-corrected chi connectivity index (χ2v) is 4.88. The molecule has 0 saturated heterocycles. The SMILES string of the molecule is CC1CC(C#N)(NCC2CC2)C1C. The second kappa shape index (κ2) is 2.99. The summed E-state index contributed by atoms with van der Waals surface area (Å²) < 4.78 is 0. The zero-order valence-electron chi connectivity index (χ0n) is 8.51. The molecule has 2 aliphatic carbocycles. The van der Waals surface area contributed by atoms with Gasteiger partial charge in [0.2, 0.25) is 0 Å². The van der Waals surface area contributed by atoms with Crippen LogP contribution in [-0.2, 0) is 0 Å². The minimum atomic E-state index is -0.179. The van der Waals surface area contributed by atoms with E-state index in [1.807, 2.05) is 0 Å². The van der Waals surface area contributed by atoms with E-state index in [2.05, 4.69) is 25.2 Å². The molecule has 0 aromatic rings. The smallest absolute Gasteiger partial charge is 0.109 e. The van der Waals surface area contributed by atoms with E-state index in [0.29, 0.717) is 11.8 Å². The van der Waals surface area contributed by atoms with Crippen molar-refractivity contribution in [2.24, 2.45) is 17.8 Å². The van der Waals surface area contributed by atoms with Crippen LogP contribution in [0, 0.1) is 29.1 Å². The third-order valence-electron chi connectivity index (χ3n) is 3.88. The van der Waals surface area contributed by atoms with Gasteiger partial charge in [0, 0.05) is 0 Å². The summed E-state index contributed by atoms with van der Waals surface area (Å²) in [5.41, 5.74) is -0.179. The highest BCUT2D eigenvalue weighted by Gasteiger charge is 2.49. The molecular formula is C11H18N2. The lowest BCUT2D eigenvalue weighted by Crippen LogP contribution is -2.60. The van der Waals surface area contributed by atoms with E-state index in [-0.39, 0.29) is 5.54 Å². The highest BCUT2D eigenvalue weighted by atomic mass is 15.0. The summed E-state index contributed by atoms with van der Waals surface area (Å²) in [6.45, 7) is 5.49. The number of hydrogen-bond donors (Lipinski definition) is 1. The van der Waals surface area contributed by atoms with Crippen molar-refractivity contribution in [1.29, 1.82) is 5.26 Å². The van der Waals surface area contributed by atoms with Crippen LogP contribution in [0.5, 0.6) is 0 Å². The summed E-state index contributed by atoms with van der Waals surface area (Å²) >= 11 is 0.